The molecule has 0 bridgehead atoms. The van der Waals surface area contributed by atoms with Crippen LogP contribution in [0.4, 0.5) is 11.5 Å². The van der Waals surface area contributed by atoms with Crippen molar-refractivity contribution >= 4 is 35.0 Å². The van der Waals surface area contributed by atoms with Crippen LogP contribution in [0.5, 0.6) is 0 Å². The Hall–Kier alpha value is -3.09. The molecule has 0 aromatic carbocycles. The highest BCUT2D eigenvalue weighted by atomic mass is 16.5. The number of nitrogens with one attached hydrogen (secondary N) is 1. The summed E-state index contributed by atoms with van der Waals surface area (Å²) in [7, 11) is 1.85. The van der Waals surface area contributed by atoms with E-state index in [9.17, 15) is 9.59 Å². The molecule has 3 heterocycles. The number of hydrogen-bond acceptors (Lipinski definition) is 5. The lowest BCUT2D eigenvalue weighted by molar-refractivity contribution is -0.110. The minimum absolute atomic E-state index is 0.246. The second-order valence-electron chi connectivity index (χ2n) is 5.93. The summed E-state index contributed by atoms with van der Waals surface area (Å²) in [5.41, 5.74) is 10.2. The zero-order valence-electron chi connectivity index (χ0n) is 14.6. The van der Waals surface area contributed by atoms with Gasteiger partial charge in [0.1, 0.15) is 5.82 Å². The van der Waals surface area contributed by atoms with Crippen LogP contribution in [0.3, 0.4) is 0 Å². The van der Waals surface area contributed by atoms with Gasteiger partial charge in [0.15, 0.2) is 0 Å². The highest BCUT2D eigenvalue weighted by Crippen LogP contribution is 2.34. The van der Waals surface area contributed by atoms with E-state index in [2.05, 4.69) is 10.3 Å². The number of aromatic nitrogens is 2. The summed E-state index contributed by atoms with van der Waals surface area (Å²) >= 11 is 0. The van der Waals surface area contributed by atoms with Crippen LogP contribution in [0.25, 0.3) is 11.6 Å². The molecule has 0 fully saturated rings. The van der Waals surface area contributed by atoms with Crippen molar-refractivity contribution in [1.82, 2.24) is 9.55 Å². The Bertz CT molecular complexity index is 925. The molecular weight excluding hydrogens is 320 g/mol. The lowest BCUT2D eigenvalue weighted by Crippen LogP contribution is -2.07. The molecule has 0 atom stereocenters. The maximum atomic E-state index is 12.3. The van der Waals surface area contributed by atoms with Crippen LogP contribution in [-0.2, 0) is 16.6 Å². The van der Waals surface area contributed by atoms with Crippen LogP contribution in [-0.4, -0.2) is 28.0 Å². The molecule has 2 aromatic rings. The fourth-order valence-electron chi connectivity index (χ4n) is 3.07. The van der Waals surface area contributed by atoms with Crippen molar-refractivity contribution in [3.05, 3.63) is 40.3 Å². The van der Waals surface area contributed by atoms with Crippen molar-refractivity contribution in [3.8, 4) is 0 Å². The molecule has 1 aliphatic heterocycles. The minimum atomic E-state index is -0.361. The van der Waals surface area contributed by atoms with E-state index in [4.69, 9.17) is 10.5 Å². The van der Waals surface area contributed by atoms with E-state index < -0.39 is 0 Å². The fourth-order valence-corrected chi connectivity index (χ4v) is 3.07. The quantitative estimate of drug-likeness (QED) is 0.660. The molecular formula is C18H20N4O3. The van der Waals surface area contributed by atoms with E-state index in [1.807, 2.05) is 25.5 Å². The monoisotopic (exact) mass is 340 g/mol. The number of anilines is 2. The smallest absolute Gasteiger partial charge is 0.340 e. The third-order valence-electron chi connectivity index (χ3n) is 4.42. The number of rotatable bonds is 3. The number of nitrogens with zero attached hydrogens (tertiary/aromatic N) is 2. The van der Waals surface area contributed by atoms with E-state index >= 15 is 0 Å². The molecule has 2 aromatic heterocycles. The Morgan fingerprint density at radius 2 is 2.16 bits per heavy atom. The Morgan fingerprint density at radius 3 is 2.84 bits per heavy atom. The Kier molecular flexibility index (Phi) is 4.08. The molecule has 3 N–H and O–H groups in total. The molecule has 0 spiro atoms. The number of fused-ring (bicyclic) bond motifs is 1. The van der Waals surface area contributed by atoms with Crippen LogP contribution in [0.15, 0.2) is 12.3 Å². The zero-order valence-corrected chi connectivity index (χ0v) is 14.6. The average Bonchev–Trinajstić information content (AvgIpc) is 2.97. The summed E-state index contributed by atoms with van der Waals surface area (Å²) in [6.07, 6.45) is 3.26. The van der Waals surface area contributed by atoms with Gasteiger partial charge in [-0.1, -0.05) is 0 Å². The lowest BCUT2D eigenvalue weighted by atomic mass is 10.0. The van der Waals surface area contributed by atoms with Gasteiger partial charge in [-0.25, -0.2) is 9.78 Å². The first-order valence-electron chi connectivity index (χ1n) is 7.97. The van der Waals surface area contributed by atoms with E-state index in [1.165, 1.54) is 6.20 Å². The second-order valence-corrected chi connectivity index (χ2v) is 5.93. The molecule has 130 valence electrons. The van der Waals surface area contributed by atoms with E-state index in [1.54, 1.807) is 19.1 Å². The molecule has 0 saturated heterocycles. The molecule has 0 saturated carbocycles. The first kappa shape index (κ1) is 16.8. The van der Waals surface area contributed by atoms with Gasteiger partial charge < -0.3 is 20.4 Å². The standard InChI is InChI=1S/C18H20N4O3/c1-5-25-18(24)15-9(2)14(22(4)10(15)3)7-13-12-6-11(19)8-20-16(12)21-17(13)23/h6-8H,5,19H2,1-4H3,(H,20,21,23). The van der Waals surface area contributed by atoms with Crippen molar-refractivity contribution in [1.29, 1.82) is 0 Å². The van der Waals surface area contributed by atoms with Gasteiger partial charge >= 0.3 is 5.97 Å². The minimum Gasteiger partial charge on any atom is -0.462 e. The highest BCUT2D eigenvalue weighted by molar-refractivity contribution is 6.34. The summed E-state index contributed by atoms with van der Waals surface area (Å²) in [6.45, 7) is 5.77. The third-order valence-corrected chi connectivity index (χ3v) is 4.42. The molecule has 1 aliphatic rings. The molecule has 25 heavy (non-hydrogen) atoms. The topological polar surface area (TPSA) is 99.2 Å². The zero-order chi connectivity index (χ0) is 18.3. The number of nitrogens with two attached hydrogens (primary N) is 1. The van der Waals surface area contributed by atoms with Gasteiger partial charge in [-0.05, 0) is 38.5 Å². The van der Waals surface area contributed by atoms with Crippen molar-refractivity contribution in [3.63, 3.8) is 0 Å². The second kappa shape index (κ2) is 6.08. The third kappa shape index (κ3) is 2.67. The molecule has 0 radical (unpaired) electrons. The number of esters is 1. The molecule has 7 nitrogen and oxygen atoms in total. The first-order chi connectivity index (χ1) is 11.8. The van der Waals surface area contributed by atoms with Crippen molar-refractivity contribution < 1.29 is 14.3 Å². The Balaban J connectivity index is 2.15. The summed E-state index contributed by atoms with van der Waals surface area (Å²) in [5.74, 6) is -0.122. The number of carbonyl (C=O) groups excluding carboxylic acids is 2. The Labute approximate surface area is 145 Å². The van der Waals surface area contributed by atoms with E-state index in [-0.39, 0.29) is 11.9 Å². The van der Waals surface area contributed by atoms with Crippen LogP contribution in [0.2, 0.25) is 0 Å². The fraction of sp³-hybridized carbons (Fsp3) is 0.278. The van der Waals surface area contributed by atoms with Gasteiger partial charge in [-0.2, -0.15) is 0 Å². The molecule has 7 heteroatoms. The number of amides is 1. The summed E-state index contributed by atoms with van der Waals surface area (Å²) in [6, 6.07) is 1.71. The predicted octanol–water partition coefficient (Wildman–Crippen LogP) is 2.29. The van der Waals surface area contributed by atoms with Crippen molar-refractivity contribution in [2.24, 2.45) is 7.05 Å². The largest absolute Gasteiger partial charge is 0.462 e. The maximum absolute atomic E-state index is 12.3. The predicted molar refractivity (Wildman–Crippen MR) is 96.0 cm³/mol. The number of hydrogen-bond donors (Lipinski definition) is 2. The van der Waals surface area contributed by atoms with Gasteiger partial charge in [0.05, 0.1) is 29.6 Å². The van der Waals surface area contributed by atoms with Gasteiger partial charge in [0.25, 0.3) is 5.91 Å². The van der Waals surface area contributed by atoms with Gasteiger partial charge in [-0.15, -0.1) is 0 Å². The molecule has 0 aliphatic carbocycles. The normalized spacial score (nSPS) is 14.6. The van der Waals surface area contributed by atoms with Crippen LogP contribution in [0.1, 0.15) is 39.8 Å². The van der Waals surface area contributed by atoms with Gasteiger partial charge in [0.2, 0.25) is 0 Å². The van der Waals surface area contributed by atoms with Gasteiger partial charge in [-0.3, -0.25) is 4.79 Å². The summed E-state index contributed by atoms with van der Waals surface area (Å²) in [4.78, 5) is 28.7. The first-order valence-corrected chi connectivity index (χ1v) is 7.97. The molecule has 3 rings (SSSR count). The van der Waals surface area contributed by atoms with E-state index in [0.29, 0.717) is 34.8 Å². The Morgan fingerprint density at radius 1 is 1.44 bits per heavy atom. The van der Waals surface area contributed by atoms with Crippen LogP contribution >= 0.6 is 0 Å². The van der Waals surface area contributed by atoms with Crippen LogP contribution < -0.4 is 11.1 Å². The maximum Gasteiger partial charge on any atom is 0.340 e. The highest BCUT2D eigenvalue weighted by Gasteiger charge is 2.27. The number of carbonyl (C=O) groups is 2. The number of nitrogen functional groups attached to an aromatic ring is 1. The number of ether oxygens (including phenoxy) is 1. The van der Waals surface area contributed by atoms with Crippen LogP contribution in [0, 0.1) is 13.8 Å². The molecule has 1 amide bonds. The van der Waals surface area contributed by atoms with Gasteiger partial charge in [0, 0.05) is 24.0 Å². The van der Waals surface area contributed by atoms with Crippen molar-refractivity contribution in [2.45, 2.75) is 20.8 Å². The molecule has 0 unspecified atom stereocenters. The SMILES string of the molecule is CCOC(=O)c1c(C)c(C=C2C(=O)Nc3ncc(N)cc32)n(C)c1C. The summed E-state index contributed by atoms with van der Waals surface area (Å²) < 4.78 is 7.02. The average molecular weight is 340 g/mol. The number of pyridine rings is 1. The van der Waals surface area contributed by atoms with Crippen molar-refractivity contribution in [2.75, 3.05) is 17.7 Å². The van der Waals surface area contributed by atoms with E-state index in [0.717, 1.165) is 17.0 Å². The summed E-state index contributed by atoms with van der Waals surface area (Å²) in [5, 5.41) is 2.72. The lowest BCUT2D eigenvalue weighted by Gasteiger charge is -2.03.